The highest BCUT2D eigenvalue weighted by atomic mass is 32.2. The molecule has 2 aromatic carbocycles. The van der Waals surface area contributed by atoms with E-state index in [0.717, 1.165) is 4.90 Å². The van der Waals surface area contributed by atoms with Crippen molar-refractivity contribution in [3.05, 3.63) is 65.2 Å². The summed E-state index contributed by atoms with van der Waals surface area (Å²) in [6, 6.07) is 14.7. The van der Waals surface area contributed by atoms with E-state index in [-0.39, 0.29) is 5.91 Å². The van der Waals surface area contributed by atoms with E-state index in [1.165, 1.54) is 0 Å². The van der Waals surface area contributed by atoms with Gasteiger partial charge in [-0.1, -0.05) is 30.3 Å². The maximum atomic E-state index is 11.9. The van der Waals surface area contributed by atoms with Crippen LogP contribution in [0.3, 0.4) is 0 Å². The van der Waals surface area contributed by atoms with Gasteiger partial charge in [0, 0.05) is 21.6 Å². The highest BCUT2D eigenvalue weighted by Gasteiger charge is 2.42. The van der Waals surface area contributed by atoms with Gasteiger partial charge < -0.3 is 10.4 Å². The monoisotopic (exact) mass is 271 g/mol. The molecular weight excluding hydrogens is 258 g/mol. The van der Waals surface area contributed by atoms with E-state index in [1.54, 1.807) is 30.0 Å². The summed E-state index contributed by atoms with van der Waals surface area (Å²) in [5.74, 6) is -0.243. The molecule has 0 radical (unpaired) electrons. The van der Waals surface area contributed by atoms with E-state index < -0.39 is 5.72 Å². The summed E-state index contributed by atoms with van der Waals surface area (Å²) in [5.41, 5.74) is 0.379. The average Bonchev–Trinajstić information content (AvgIpc) is 2.72. The molecule has 0 fully saturated rings. The van der Waals surface area contributed by atoms with Gasteiger partial charge >= 0.3 is 0 Å². The topological polar surface area (TPSA) is 49.3 Å². The Morgan fingerprint density at radius 2 is 1.79 bits per heavy atom. The van der Waals surface area contributed by atoms with E-state index in [0.29, 0.717) is 16.7 Å². The minimum absolute atomic E-state index is 0.243. The second-order valence-electron chi connectivity index (χ2n) is 4.44. The van der Waals surface area contributed by atoms with E-state index in [4.69, 9.17) is 0 Å². The van der Waals surface area contributed by atoms with Gasteiger partial charge in [0.15, 0.2) is 5.72 Å². The van der Waals surface area contributed by atoms with E-state index >= 15 is 0 Å². The lowest BCUT2D eigenvalue weighted by Gasteiger charge is -2.24. The van der Waals surface area contributed by atoms with Crippen molar-refractivity contribution in [3.63, 3.8) is 0 Å². The first-order valence-electron chi connectivity index (χ1n) is 5.94. The number of carbonyl (C=O) groups excluding carboxylic acids is 1. The third-order valence-electron chi connectivity index (χ3n) is 3.36. The molecule has 1 aliphatic rings. The van der Waals surface area contributed by atoms with Gasteiger partial charge in [-0.25, -0.2) is 0 Å². The molecule has 4 heteroatoms. The molecular formula is C15H13NO2S. The summed E-state index contributed by atoms with van der Waals surface area (Å²) in [5, 5.41) is 13.5. The van der Waals surface area contributed by atoms with Crippen LogP contribution in [0.1, 0.15) is 21.5 Å². The standard InChI is InChI=1S/C15H13NO2S/c1-19-11-8-6-10(7-9-11)15(18)13-5-3-2-4-12(13)14(17)16-15/h2-9,18H,1H3,(H,16,17). The van der Waals surface area contributed by atoms with Crippen molar-refractivity contribution in [1.29, 1.82) is 0 Å². The number of benzene rings is 2. The quantitative estimate of drug-likeness (QED) is 0.824. The van der Waals surface area contributed by atoms with Gasteiger partial charge in [-0.15, -0.1) is 11.8 Å². The molecule has 0 spiro atoms. The Labute approximate surface area is 115 Å². The molecule has 1 heterocycles. The number of carbonyl (C=O) groups is 1. The predicted molar refractivity (Wildman–Crippen MR) is 75.1 cm³/mol. The number of nitrogens with one attached hydrogen (secondary N) is 1. The molecule has 1 amide bonds. The fourth-order valence-electron chi connectivity index (χ4n) is 2.36. The first kappa shape index (κ1) is 12.3. The highest BCUT2D eigenvalue weighted by Crippen LogP contribution is 2.35. The molecule has 0 bridgehead atoms. The third kappa shape index (κ3) is 1.84. The lowest BCUT2D eigenvalue weighted by molar-refractivity contribution is 0.0475. The van der Waals surface area contributed by atoms with Crippen molar-refractivity contribution in [3.8, 4) is 0 Å². The molecule has 3 rings (SSSR count). The van der Waals surface area contributed by atoms with E-state index in [1.807, 2.05) is 36.6 Å². The van der Waals surface area contributed by atoms with Gasteiger partial charge in [0.25, 0.3) is 5.91 Å². The summed E-state index contributed by atoms with van der Waals surface area (Å²) >= 11 is 1.64. The maximum Gasteiger partial charge on any atom is 0.254 e. The van der Waals surface area contributed by atoms with Crippen molar-refractivity contribution < 1.29 is 9.90 Å². The largest absolute Gasteiger partial charge is 0.363 e. The summed E-state index contributed by atoms with van der Waals surface area (Å²) in [6.07, 6.45) is 2.00. The zero-order valence-electron chi connectivity index (χ0n) is 10.4. The fourth-order valence-corrected chi connectivity index (χ4v) is 2.76. The number of thioether (sulfide) groups is 1. The van der Waals surface area contributed by atoms with Gasteiger partial charge in [0.2, 0.25) is 0 Å². The molecule has 96 valence electrons. The number of amides is 1. The zero-order valence-corrected chi connectivity index (χ0v) is 11.2. The predicted octanol–water partition coefficient (Wildman–Crippen LogP) is 2.35. The number of rotatable bonds is 2. The van der Waals surface area contributed by atoms with Crippen LogP contribution in [0.5, 0.6) is 0 Å². The minimum atomic E-state index is -1.43. The third-order valence-corrected chi connectivity index (χ3v) is 4.11. The molecule has 19 heavy (non-hydrogen) atoms. The van der Waals surface area contributed by atoms with Crippen LogP contribution < -0.4 is 5.32 Å². The zero-order chi connectivity index (χ0) is 13.5. The SMILES string of the molecule is CSc1ccc(C2(O)NC(=O)c3ccccc32)cc1. The summed E-state index contributed by atoms with van der Waals surface area (Å²) in [4.78, 5) is 13.0. The number of hydrogen-bond acceptors (Lipinski definition) is 3. The van der Waals surface area contributed by atoms with Crippen molar-refractivity contribution in [2.75, 3.05) is 6.26 Å². The van der Waals surface area contributed by atoms with Crippen molar-refractivity contribution in [2.24, 2.45) is 0 Å². The molecule has 1 atom stereocenters. The normalized spacial score (nSPS) is 21.1. The van der Waals surface area contributed by atoms with Crippen LogP contribution in [0.15, 0.2) is 53.4 Å². The van der Waals surface area contributed by atoms with Crippen LogP contribution >= 0.6 is 11.8 Å². The lowest BCUT2D eigenvalue weighted by atomic mass is 9.95. The average molecular weight is 271 g/mol. The highest BCUT2D eigenvalue weighted by molar-refractivity contribution is 7.98. The molecule has 3 nitrogen and oxygen atoms in total. The van der Waals surface area contributed by atoms with Crippen molar-refractivity contribution in [1.82, 2.24) is 5.32 Å². The first-order valence-corrected chi connectivity index (χ1v) is 7.16. The van der Waals surface area contributed by atoms with Crippen LogP contribution in [0, 0.1) is 0 Å². The Morgan fingerprint density at radius 1 is 1.11 bits per heavy atom. The van der Waals surface area contributed by atoms with Crippen LogP contribution in [-0.2, 0) is 5.72 Å². The van der Waals surface area contributed by atoms with E-state index in [9.17, 15) is 9.90 Å². The van der Waals surface area contributed by atoms with Crippen LogP contribution in [0.2, 0.25) is 0 Å². The van der Waals surface area contributed by atoms with Crippen LogP contribution in [0.25, 0.3) is 0 Å². The molecule has 0 aliphatic carbocycles. The number of aliphatic hydroxyl groups is 1. The molecule has 2 N–H and O–H groups in total. The molecule has 0 saturated carbocycles. The van der Waals surface area contributed by atoms with Gasteiger partial charge in [-0.3, -0.25) is 4.79 Å². The summed E-state index contributed by atoms with van der Waals surface area (Å²) < 4.78 is 0. The summed E-state index contributed by atoms with van der Waals surface area (Å²) in [6.45, 7) is 0. The molecule has 2 aromatic rings. The van der Waals surface area contributed by atoms with Crippen LogP contribution in [0.4, 0.5) is 0 Å². The Hall–Kier alpha value is -1.78. The minimum Gasteiger partial charge on any atom is -0.363 e. The second-order valence-corrected chi connectivity index (χ2v) is 5.32. The lowest BCUT2D eigenvalue weighted by Crippen LogP contribution is -2.40. The molecule has 1 unspecified atom stereocenters. The van der Waals surface area contributed by atoms with Gasteiger partial charge in [0.05, 0.1) is 0 Å². The first-order chi connectivity index (χ1) is 9.15. The Morgan fingerprint density at radius 3 is 2.47 bits per heavy atom. The van der Waals surface area contributed by atoms with Crippen LogP contribution in [-0.4, -0.2) is 17.3 Å². The molecule has 0 aromatic heterocycles. The van der Waals surface area contributed by atoms with Crippen molar-refractivity contribution >= 4 is 17.7 Å². The number of hydrogen-bond donors (Lipinski definition) is 2. The summed E-state index contributed by atoms with van der Waals surface area (Å²) in [7, 11) is 0. The fraction of sp³-hybridized carbons (Fsp3) is 0.133. The smallest absolute Gasteiger partial charge is 0.254 e. The van der Waals surface area contributed by atoms with Gasteiger partial charge in [-0.05, 0) is 24.5 Å². The van der Waals surface area contributed by atoms with Gasteiger partial charge in [0.1, 0.15) is 0 Å². The van der Waals surface area contributed by atoms with Crippen molar-refractivity contribution in [2.45, 2.75) is 10.6 Å². The van der Waals surface area contributed by atoms with E-state index in [2.05, 4.69) is 5.32 Å². The second kappa shape index (κ2) is 4.40. The van der Waals surface area contributed by atoms with Gasteiger partial charge in [-0.2, -0.15) is 0 Å². The molecule has 0 saturated heterocycles. The number of fused-ring (bicyclic) bond motifs is 1. The Bertz CT molecular complexity index is 639. The maximum absolute atomic E-state index is 11.9. The Kier molecular flexibility index (Phi) is 2.84. The molecule has 1 aliphatic heterocycles. The Balaban J connectivity index is 2.11.